The number of piperidine rings is 1. The van der Waals surface area contributed by atoms with Crippen molar-refractivity contribution in [2.24, 2.45) is 5.92 Å². The van der Waals surface area contributed by atoms with E-state index in [9.17, 15) is 9.90 Å². The average molecular weight is 401 g/mol. The minimum absolute atomic E-state index is 0.0372. The van der Waals surface area contributed by atoms with Crippen LogP contribution in [0.1, 0.15) is 24.5 Å². The average Bonchev–Trinajstić information content (AvgIpc) is 3.05. The first kappa shape index (κ1) is 19.1. The summed E-state index contributed by atoms with van der Waals surface area (Å²) in [5.74, 6) is 1.04. The van der Waals surface area contributed by atoms with Gasteiger partial charge in [-0.25, -0.2) is 0 Å². The van der Waals surface area contributed by atoms with Crippen molar-refractivity contribution in [2.75, 3.05) is 26.8 Å². The summed E-state index contributed by atoms with van der Waals surface area (Å²) in [7, 11) is 2.18. The number of hydrogen-bond acceptors (Lipinski definition) is 7. The molecule has 156 valence electrons. The van der Waals surface area contributed by atoms with Crippen LogP contribution in [0, 0.1) is 5.92 Å². The Hall–Kier alpha value is -1.93. The summed E-state index contributed by atoms with van der Waals surface area (Å²) in [4.78, 5) is 14.1. The Morgan fingerprint density at radius 2 is 2.24 bits per heavy atom. The van der Waals surface area contributed by atoms with Gasteiger partial charge >= 0.3 is 5.97 Å². The number of likely N-dealkylation sites (tertiary alicyclic amines) is 1. The number of carbonyl (C=O) groups excluding carboxylic acids is 1. The lowest BCUT2D eigenvalue weighted by molar-refractivity contribution is -0.132. The molecule has 2 aliphatic heterocycles. The summed E-state index contributed by atoms with van der Waals surface area (Å²) < 4.78 is 18.0. The van der Waals surface area contributed by atoms with Crippen LogP contribution >= 0.6 is 0 Å². The lowest BCUT2D eigenvalue weighted by atomic mass is 9.53. The zero-order valence-electron chi connectivity index (χ0n) is 16.7. The van der Waals surface area contributed by atoms with Crippen molar-refractivity contribution < 1.29 is 29.2 Å². The minimum Gasteiger partial charge on any atom is -0.482 e. The number of benzene rings is 1. The van der Waals surface area contributed by atoms with E-state index in [2.05, 4.69) is 24.1 Å². The molecule has 1 aromatic rings. The highest BCUT2D eigenvalue weighted by Gasteiger charge is 2.64. The number of esters is 1. The van der Waals surface area contributed by atoms with Crippen molar-refractivity contribution in [2.45, 2.75) is 49.5 Å². The van der Waals surface area contributed by atoms with E-state index >= 15 is 0 Å². The van der Waals surface area contributed by atoms with Gasteiger partial charge in [0.2, 0.25) is 0 Å². The van der Waals surface area contributed by atoms with E-state index in [4.69, 9.17) is 19.3 Å². The minimum atomic E-state index is -0.925. The number of ether oxygens (including phenoxy) is 3. The predicted molar refractivity (Wildman–Crippen MR) is 104 cm³/mol. The van der Waals surface area contributed by atoms with Crippen LogP contribution in [0.15, 0.2) is 24.3 Å². The Morgan fingerprint density at radius 1 is 1.41 bits per heavy atom. The second kappa shape index (κ2) is 6.80. The molecular formula is C22H27NO6. The second-order valence-electron chi connectivity index (χ2n) is 8.65. The van der Waals surface area contributed by atoms with Gasteiger partial charge < -0.3 is 29.3 Å². The summed E-state index contributed by atoms with van der Waals surface area (Å²) in [5.41, 5.74) is 2.17. The van der Waals surface area contributed by atoms with Gasteiger partial charge in [-0.3, -0.25) is 4.79 Å². The van der Waals surface area contributed by atoms with E-state index in [1.807, 2.05) is 12.1 Å². The van der Waals surface area contributed by atoms with Crippen LogP contribution in [0.4, 0.5) is 0 Å². The van der Waals surface area contributed by atoms with Crippen LogP contribution in [-0.4, -0.2) is 72.2 Å². The Morgan fingerprint density at radius 3 is 3.00 bits per heavy atom. The van der Waals surface area contributed by atoms with Crippen molar-refractivity contribution in [3.8, 4) is 11.5 Å². The standard InChI is InChI=1S/C22H27NO6/c1-12(25)28-17-5-3-13-9-16-15-4-6-18(27-11-14(26)10-24)21-22(15,7-8-23(16)2)19(13)20(17)29-21/h3-6,14-16,18,21,24,26H,7-11H2,1-2H3/t14-,15-,16+,18?,21?,22-/m0/s1. The largest absolute Gasteiger partial charge is 0.482 e. The third-order valence-electron chi connectivity index (χ3n) is 7.06. The fourth-order valence-electron chi connectivity index (χ4n) is 5.86. The molecule has 1 spiro atoms. The highest BCUT2D eigenvalue weighted by molar-refractivity contribution is 5.72. The maximum absolute atomic E-state index is 11.6. The van der Waals surface area contributed by atoms with E-state index in [1.54, 1.807) is 0 Å². The van der Waals surface area contributed by atoms with Gasteiger partial charge in [0.15, 0.2) is 11.5 Å². The summed E-state index contributed by atoms with van der Waals surface area (Å²) in [5, 5.41) is 18.9. The van der Waals surface area contributed by atoms with Crippen molar-refractivity contribution in [3.63, 3.8) is 0 Å². The fourth-order valence-corrected chi connectivity index (χ4v) is 5.86. The number of aliphatic hydroxyl groups is 2. The summed E-state index contributed by atoms with van der Waals surface area (Å²) in [6.45, 7) is 2.04. The molecule has 7 nitrogen and oxygen atoms in total. The molecular weight excluding hydrogens is 374 g/mol. The van der Waals surface area contributed by atoms with Crippen molar-refractivity contribution in [1.29, 1.82) is 0 Å². The molecule has 29 heavy (non-hydrogen) atoms. The van der Waals surface area contributed by atoms with Crippen molar-refractivity contribution in [3.05, 3.63) is 35.4 Å². The van der Waals surface area contributed by atoms with Crippen molar-refractivity contribution >= 4 is 5.97 Å². The van der Waals surface area contributed by atoms with E-state index in [0.717, 1.165) is 24.9 Å². The van der Waals surface area contributed by atoms with Gasteiger partial charge in [-0.05, 0) is 38.1 Å². The maximum atomic E-state index is 11.6. The normalized spacial score (nSPS) is 35.0. The summed E-state index contributed by atoms with van der Waals surface area (Å²) >= 11 is 0. The Balaban J connectivity index is 1.61. The number of hydrogen-bond donors (Lipinski definition) is 2. The van der Waals surface area contributed by atoms with Gasteiger partial charge in [-0.2, -0.15) is 0 Å². The van der Waals surface area contributed by atoms with Gasteiger partial charge in [0, 0.05) is 29.9 Å². The molecule has 0 amide bonds. The smallest absolute Gasteiger partial charge is 0.308 e. The molecule has 2 aliphatic carbocycles. The molecule has 0 aromatic heterocycles. The van der Waals surface area contributed by atoms with Gasteiger partial charge in [0.25, 0.3) is 0 Å². The van der Waals surface area contributed by atoms with Crippen LogP contribution in [0.5, 0.6) is 11.5 Å². The zero-order chi connectivity index (χ0) is 20.3. The Kier molecular flexibility index (Phi) is 4.47. The summed E-state index contributed by atoms with van der Waals surface area (Å²) in [6, 6.07) is 4.28. The third-order valence-corrected chi connectivity index (χ3v) is 7.06. The van der Waals surface area contributed by atoms with Gasteiger partial charge in [-0.1, -0.05) is 18.2 Å². The van der Waals surface area contributed by atoms with Crippen molar-refractivity contribution in [1.82, 2.24) is 4.90 Å². The molecule has 4 aliphatic rings. The van der Waals surface area contributed by atoms with Gasteiger partial charge in [-0.15, -0.1) is 0 Å². The van der Waals surface area contributed by atoms with Crippen LogP contribution in [0.3, 0.4) is 0 Å². The molecule has 0 saturated carbocycles. The Labute approximate surface area is 169 Å². The fraction of sp³-hybridized carbons (Fsp3) is 0.591. The van der Waals surface area contributed by atoms with Gasteiger partial charge in [0.1, 0.15) is 18.3 Å². The molecule has 1 fully saturated rings. The number of rotatable bonds is 5. The van der Waals surface area contributed by atoms with E-state index < -0.39 is 6.10 Å². The first-order valence-electron chi connectivity index (χ1n) is 10.3. The molecule has 1 aromatic carbocycles. The predicted octanol–water partition coefficient (Wildman–Crippen LogP) is 0.795. The number of carbonyl (C=O) groups is 1. The highest BCUT2D eigenvalue weighted by atomic mass is 16.6. The molecule has 7 heteroatoms. The number of aliphatic hydroxyl groups excluding tert-OH is 2. The molecule has 2 heterocycles. The quantitative estimate of drug-likeness (QED) is 0.429. The first-order valence-corrected chi connectivity index (χ1v) is 10.3. The number of nitrogens with zero attached hydrogens (tertiary/aromatic N) is 1. The molecule has 2 N–H and O–H groups in total. The SMILES string of the molecule is CC(=O)Oc1ccc2c3c1OC1C(OC[C@@H](O)CO)C=C[C@H]4[C@@H](C2)N(C)CC[C@]314. The molecule has 6 atom stereocenters. The van der Waals surface area contributed by atoms with Crippen LogP contribution in [0.25, 0.3) is 0 Å². The number of likely N-dealkylation sites (N-methyl/N-ethyl adjacent to an activating group) is 1. The monoisotopic (exact) mass is 401 g/mol. The maximum Gasteiger partial charge on any atom is 0.308 e. The first-order chi connectivity index (χ1) is 14.0. The van der Waals surface area contributed by atoms with Gasteiger partial charge in [0.05, 0.1) is 13.2 Å². The van der Waals surface area contributed by atoms with Crippen LogP contribution < -0.4 is 9.47 Å². The lowest BCUT2D eigenvalue weighted by Crippen LogP contribution is -2.65. The van der Waals surface area contributed by atoms with E-state index in [0.29, 0.717) is 17.5 Å². The third kappa shape index (κ3) is 2.68. The summed E-state index contributed by atoms with van der Waals surface area (Å²) in [6.07, 6.45) is 4.60. The molecule has 1 saturated heterocycles. The second-order valence-corrected chi connectivity index (χ2v) is 8.65. The lowest BCUT2D eigenvalue weighted by Gasteiger charge is -2.56. The molecule has 0 radical (unpaired) electrons. The van der Waals surface area contributed by atoms with Crippen LogP contribution in [0.2, 0.25) is 0 Å². The highest BCUT2D eigenvalue weighted by Crippen LogP contribution is 2.62. The molecule has 5 rings (SSSR count). The Bertz CT molecular complexity index is 869. The molecule has 2 unspecified atom stereocenters. The van der Waals surface area contributed by atoms with Crippen LogP contribution in [-0.2, 0) is 21.4 Å². The van der Waals surface area contributed by atoms with E-state index in [1.165, 1.54) is 12.5 Å². The topological polar surface area (TPSA) is 88.5 Å². The van der Waals surface area contributed by atoms with E-state index in [-0.39, 0.29) is 42.7 Å². The molecule has 2 bridgehead atoms. The zero-order valence-corrected chi connectivity index (χ0v) is 16.7.